The number of aromatic nitrogens is 3. The summed E-state index contributed by atoms with van der Waals surface area (Å²) in [5.74, 6) is -4.17. The van der Waals surface area contributed by atoms with Crippen LogP contribution in [0, 0.1) is 0 Å². The maximum atomic E-state index is 14.1. The highest BCUT2D eigenvalue weighted by molar-refractivity contribution is 7.91. The SMILES string of the molecule is O=C(O)c1cc(S(=O)(=O)O)ccc1Nc1nc(Cl)nc(Nc2cc(S(=O)(=O)O)cc3c2C(=O)C(=NNc2ccc4ccccc4c2S(=O)(=O)O)C(S(=O)(=O)O)=C3)n1. The highest BCUT2D eigenvalue weighted by Crippen LogP contribution is 2.36. The maximum Gasteiger partial charge on any atom is 0.337 e. The molecule has 22 nitrogen and oxygen atoms in total. The fourth-order valence-electron chi connectivity index (χ4n) is 5.39. The zero-order valence-corrected chi connectivity index (χ0v) is 31.6. The lowest BCUT2D eigenvalue weighted by molar-refractivity contribution is 0.0697. The summed E-state index contributed by atoms with van der Waals surface area (Å²) in [6.07, 6.45) is 0.605. The van der Waals surface area contributed by atoms with E-state index in [2.05, 4.69) is 36.1 Å². The van der Waals surface area contributed by atoms with E-state index in [9.17, 15) is 66.6 Å². The number of hydrogen-bond acceptors (Lipinski definition) is 17. The van der Waals surface area contributed by atoms with E-state index in [-0.39, 0.29) is 11.1 Å². The van der Waals surface area contributed by atoms with E-state index in [4.69, 9.17) is 11.6 Å². The highest BCUT2D eigenvalue weighted by Gasteiger charge is 2.36. The van der Waals surface area contributed by atoms with E-state index >= 15 is 0 Å². The molecule has 1 aromatic heterocycles. The van der Waals surface area contributed by atoms with Crippen molar-refractivity contribution in [1.82, 2.24) is 15.0 Å². The zero-order chi connectivity index (χ0) is 41.8. The van der Waals surface area contributed by atoms with Gasteiger partial charge in [-0.05, 0) is 65.0 Å². The van der Waals surface area contributed by atoms with Crippen LogP contribution in [0.2, 0.25) is 5.28 Å². The first-order valence-electron chi connectivity index (χ1n) is 14.9. The van der Waals surface area contributed by atoms with Gasteiger partial charge in [0.15, 0.2) is 5.71 Å². The van der Waals surface area contributed by atoms with Crippen LogP contribution in [0.5, 0.6) is 0 Å². The average Bonchev–Trinajstić information content (AvgIpc) is 3.08. The second-order valence-electron chi connectivity index (χ2n) is 11.4. The van der Waals surface area contributed by atoms with Crippen LogP contribution in [0.15, 0.2) is 91.4 Å². The summed E-state index contributed by atoms with van der Waals surface area (Å²) >= 11 is 6.05. The number of hydrogen-bond donors (Lipinski definition) is 8. The van der Waals surface area contributed by atoms with Crippen molar-refractivity contribution < 1.29 is 66.6 Å². The lowest BCUT2D eigenvalue weighted by Gasteiger charge is -2.21. The second kappa shape index (κ2) is 14.5. The molecule has 0 amide bonds. The Balaban J connectivity index is 1.47. The maximum absolute atomic E-state index is 14.1. The molecule has 0 bridgehead atoms. The van der Waals surface area contributed by atoms with Gasteiger partial charge in [-0.25, -0.2) is 4.79 Å². The standard InChI is InChI=1S/C30H20ClN7O15S4/c31-28-34-29(32-19-8-6-15(54(42,43)44)11-18(19)27(40)41)36-30(35-28)33-21-12-16(55(45,46)47)9-14-10-22(56(48,49)50)24(25(39)23(14)21)38-37-20-7-5-13-3-1-2-4-17(13)26(20)57(51,52)53/h1-12,37H,(H,40,41)(H,42,43,44)(H,45,46,47)(H,48,49,50)(H,51,52,53)(H2,32,33,34,35,36). The van der Waals surface area contributed by atoms with Gasteiger partial charge in [-0.1, -0.05) is 30.3 Å². The number of halogens is 1. The predicted molar refractivity (Wildman–Crippen MR) is 200 cm³/mol. The number of fused-ring (bicyclic) bond motifs is 2. The number of carboxylic acid groups (broad SMARTS) is 1. The normalized spacial score (nSPS) is 14.2. The molecule has 0 fully saturated rings. The first-order valence-corrected chi connectivity index (χ1v) is 21.1. The smallest absolute Gasteiger partial charge is 0.337 e. The Bertz CT molecular complexity index is 3120. The number of carboxylic acids is 1. The van der Waals surface area contributed by atoms with E-state index in [1.54, 1.807) is 6.07 Å². The summed E-state index contributed by atoms with van der Waals surface area (Å²) in [4.78, 5) is 33.9. The molecule has 0 saturated carbocycles. The summed E-state index contributed by atoms with van der Waals surface area (Å²) in [6.45, 7) is 0. The third-order valence-corrected chi connectivity index (χ3v) is 11.4. The number of ketones is 1. The number of carbonyl (C=O) groups is 2. The zero-order valence-electron chi connectivity index (χ0n) is 27.5. The summed E-state index contributed by atoms with van der Waals surface area (Å²) in [7, 11) is -20.3. The lowest BCUT2D eigenvalue weighted by Crippen LogP contribution is -2.28. The molecule has 5 aromatic rings. The monoisotopic (exact) mass is 881 g/mol. The number of nitrogens with one attached hydrogen (secondary N) is 3. The number of allylic oxidation sites excluding steroid dienone is 1. The Hall–Kier alpha value is -5.97. The van der Waals surface area contributed by atoms with Crippen molar-refractivity contribution in [2.24, 2.45) is 5.10 Å². The number of aromatic carboxylic acids is 1. The molecule has 1 aliphatic rings. The van der Waals surface area contributed by atoms with E-state index in [1.165, 1.54) is 24.3 Å². The van der Waals surface area contributed by atoms with Gasteiger partial charge in [-0.3, -0.25) is 28.4 Å². The van der Waals surface area contributed by atoms with Crippen molar-refractivity contribution in [1.29, 1.82) is 0 Å². The molecule has 296 valence electrons. The molecule has 8 N–H and O–H groups in total. The van der Waals surface area contributed by atoms with Crippen LogP contribution >= 0.6 is 11.6 Å². The molecule has 0 atom stereocenters. The fraction of sp³-hybridized carbons (Fsp3) is 0. The summed E-state index contributed by atoms with van der Waals surface area (Å²) in [5.41, 5.74) is -2.05. The number of carbonyl (C=O) groups excluding carboxylic acids is 1. The average molecular weight is 882 g/mol. The molecule has 0 spiro atoms. The number of anilines is 5. The Morgan fingerprint density at radius 3 is 1.89 bits per heavy atom. The number of benzene rings is 4. The Labute approximate surface area is 325 Å². The van der Waals surface area contributed by atoms with Crippen LogP contribution in [0.3, 0.4) is 0 Å². The van der Waals surface area contributed by atoms with Crippen molar-refractivity contribution in [2.45, 2.75) is 14.7 Å². The van der Waals surface area contributed by atoms with Crippen molar-refractivity contribution >= 4 is 115 Å². The van der Waals surface area contributed by atoms with Crippen LogP contribution in [0.25, 0.3) is 16.8 Å². The highest BCUT2D eigenvalue weighted by atomic mass is 35.5. The molecule has 0 radical (unpaired) electrons. The van der Waals surface area contributed by atoms with Gasteiger partial charge in [0.05, 0.1) is 38.0 Å². The number of hydrazone groups is 1. The van der Waals surface area contributed by atoms with Gasteiger partial charge < -0.3 is 15.7 Å². The topological polar surface area (TPSA) is 359 Å². The van der Waals surface area contributed by atoms with Gasteiger partial charge in [-0.15, -0.1) is 0 Å². The van der Waals surface area contributed by atoms with E-state index in [0.717, 1.165) is 18.2 Å². The third kappa shape index (κ3) is 8.57. The molecule has 1 aliphatic carbocycles. The number of rotatable bonds is 11. The number of nitrogens with zero attached hydrogens (tertiary/aromatic N) is 4. The number of Topliss-reactive ketones (excluding diaryl/α,β-unsaturated/α-hetero) is 1. The molecular formula is C30H20ClN7O15S4. The van der Waals surface area contributed by atoms with Crippen LogP contribution < -0.4 is 16.1 Å². The van der Waals surface area contributed by atoms with Gasteiger partial charge in [0.1, 0.15) is 9.80 Å². The minimum absolute atomic E-state index is 0.000496. The van der Waals surface area contributed by atoms with Crippen molar-refractivity contribution in [3.05, 3.63) is 93.6 Å². The van der Waals surface area contributed by atoms with Crippen LogP contribution in [0.4, 0.5) is 29.0 Å². The molecule has 6 rings (SSSR count). The van der Waals surface area contributed by atoms with E-state index in [0.29, 0.717) is 29.7 Å². The van der Waals surface area contributed by atoms with Gasteiger partial charge in [0.25, 0.3) is 40.5 Å². The molecule has 0 saturated heterocycles. The molecular weight excluding hydrogens is 862 g/mol. The van der Waals surface area contributed by atoms with Gasteiger partial charge in [-0.2, -0.15) is 53.7 Å². The predicted octanol–water partition coefficient (Wildman–Crippen LogP) is 3.50. The largest absolute Gasteiger partial charge is 0.478 e. The van der Waals surface area contributed by atoms with E-state index in [1.807, 2.05) is 0 Å². The Kier molecular flexibility index (Phi) is 10.4. The first kappa shape index (κ1) is 40.7. The van der Waals surface area contributed by atoms with Crippen LogP contribution in [-0.4, -0.2) is 89.4 Å². The quantitative estimate of drug-likeness (QED) is 0.0695. The summed E-state index contributed by atoms with van der Waals surface area (Å²) in [5, 5.41) is 18.1. The minimum atomic E-state index is -5.39. The molecule has 4 aromatic carbocycles. The fourth-order valence-corrected chi connectivity index (χ4v) is 8.12. The molecule has 27 heteroatoms. The lowest BCUT2D eigenvalue weighted by atomic mass is 9.93. The summed E-state index contributed by atoms with van der Waals surface area (Å²) in [6, 6.07) is 12.2. The Morgan fingerprint density at radius 1 is 0.684 bits per heavy atom. The van der Waals surface area contributed by atoms with Gasteiger partial charge in [0.2, 0.25) is 23.0 Å². The Morgan fingerprint density at radius 2 is 1.30 bits per heavy atom. The van der Waals surface area contributed by atoms with Gasteiger partial charge >= 0.3 is 5.97 Å². The third-order valence-electron chi connectivity index (χ3n) is 7.73. The first-order chi connectivity index (χ1) is 26.4. The van der Waals surface area contributed by atoms with Gasteiger partial charge in [0, 0.05) is 5.39 Å². The molecule has 0 unspecified atom stereocenters. The van der Waals surface area contributed by atoms with Crippen LogP contribution in [-0.2, 0) is 40.5 Å². The van der Waals surface area contributed by atoms with E-state index < -0.39 is 123 Å². The molecule has 57 heavy (non-hydrogen) atoms. The van der Waals surface area contributed by atoms with Crippen molar-refractivity contribution in [3.8, 4) is 0 Å². The molecule has 0 aliphatic heterocycles. The van der Waals surface area contributed by atoms with Crippen molar-refractivity contribution in [2.75, 3.05) is 16.1 Å². The second-order valence-corrected chi connectivity index (χ2v) is 17.4. The van der Waals surface area contributed by atoms with Crippen molar-refractivity contribution in [3.63, 3.8) is 0 Å². The minimum Gasteiger partial charge on any atom is -0.478 e. The summed E-state index contributed by atoms with van der Waals surface area (Å²) < 4.78 is 137. The molecule has 1 heterocycles. The van der Waals surface area contributed by atoms with Crippen LogP contribution in [0.1, 0.15) is 26.3 Å².